The molecule has 86 valence electrons. The van der Waals surface area contributed by atoms with Crippen molar-refractivity contribution in [1.82, 2.24) is 0 Å². The predicted octanol–water partition coefficient (Wildman–Crippen LogP) is 0.996. The average Bonchev–Trinajstić information content (AvgIpc) is 2.71. The number of nitrogens with zero attached hydrogens (tertiary/aromatic N) is 2. The molecular formula is C12H10N2O3. The van der Waals surface area contributed by atoms with Gasteiger partial charge in [0.25, 0.3) is 0 Å². The average molecular weight is 230 g/mol. The fourth-order valence-corrected chi connectivity index (χ4v) is 1.91. The second-order valence-corrected chi connectivity index (χ2v) is 3.83. The highest BCUT2D eigenvalue weighted by Gasteiger charge is 2.37. The molecule has 0 aliphatic carbocycles. The summed E-state index contributed by atoms with van der Waals surface area (Å²) in [6.45, 7) is 0.380. The molecule has 1 fully saturated rings. The Morgan fingerprint density at radius 1 is 1.53 bits per heavy atom. The zero-order valence-corrected chi connectivity index (χ0v) is 8.96. The number of anilines is 1. The Hall–Kier alpha value is -2.35. The molecule has 0 radical (unpaired) electrons. The molecule has 1 aromatic rings. The Morgan fingerprint density at radius 2 is 2.29 bits per heavy atom. The first kappa shape index (κ1) is 11.1. The number of carbonyl (C=O) groups excluding carboxylic acids is 1. The summed E-state index contributed by atoms with van der Waals surface area (Å²) < 4.78 is 0. The van der Waals surface area contributed by atoms with Gasteiger partial charge < -0.3 is 10.0 Å². The van der Waals surface area contributed by atoms with Crippen LogP contribution in [0.4, 0.5) is 5.69 Å². The lowest BCUT2D eigenvalue weighted by molar-refractivity contribution is -0.144. The van der Waals surface area contributed by atoms with Crippen LogP contribution in [0.2, 0.25) is 0 Å². The molecule has 0 saturated carbocycles. The van der Waals surface area contributed by atoms with Gasteiger partial charge in [0.15, 0.2) is 0 Å². The first-order chi connectivity index (χ1) is 8.13. The van der Waals surface area contributed by atoms with E-state index >= 15 is 0 Å². The molecule has 2 rings (SSSR count). The van der Waals surface area contributed by atoms with Crippen molar-refractivity contribution in [2.45, 2.75) is 6.42 Å². The molecule has 1 amide bonds. The van der Waals surface area contributed by atoms with Crippen LogP contribution in [0.5, 0.6) is 0 Å². The van der Waals surface area contributed by atoms with E-state index in [0.29, 0.717) is 24.2 Å². The first-order valence-electron chi connectivity index (χ1n) is 5.18. The second-order valence-electron chi connectivity index (χ2n) is 3.83. The van der Waals surface area contributed by atoms with E-state index in [1.54, 1.807) is 24.3 Å². The highest BCUT2D eigenvalue weighted by Crippen LogP contribution is 2.25. The molecule has 1 unspecified atom stereocenters. The number of hydrogen-bond donors (Lipinski definition) is 1. The van der Waals surface area contributed by atoms with Crippen LogP contribution < -0.4 is 4.90 Å². The molecule has 1 aliphatic rings. The van der Waals surface area contributed by atoms with Gasteiger partial charge in [0.05, 0.1) is 11.6 Å². The van der Waals surface area contributed by atoms with Crippen molar-refractivity contribution in [3.63, 3.8) is 0 Å². The smallest absolute Gasteiger partial charge is 0.316 e. The van der Waals surface area contributed by atoms with E-state index in [9.17, 15) is 9.59 Å². The minimum absolute atomic E-state index is 0.310. The minimum Gasteiger partial charge on any atom is -0.481 e. The molecule has 1 heterocycles. The Balaban J connectivity index is 2.28. The number of amides is 1. The summed E-state index contributed by atoms with van der Waals surface area (Å²) in [5.74, 6) is -2.46. The van der Waals surface area contributed by atoms with Crippen molar-refractivity contribution in [2.75, 3.05) is 11.4 Å². The Morgan fingerprint density at radius 3 is 2.88 bits per heavy atom. The van der Waals surface area contributed by atoms with Crippen LogP contribution in [0, 0.1) is 17.2 Å². The van der Waals surface area contributed by atoms with E-state index < -0.39 is 17.8 Å². The Kier molecular flexibility index (Phi) is 2.79. The van der Waals surface area contributed by atoms with Crippen LogP contribution in [0.15, 0.2) is 24.3 Å². The Bertz CT molecular complexity index is 519. The summed E-state index contributed by atoms with van der Waals surface area (Å²) in [6, 6.07) is 8.58. The van der Waals surface area contributed by atoms with E-state index in [1.807, 2.05) is 6.07 Å². The van der Waals surface area contributed by atoms with Crippen LogP contribution in [-0.4, -0.2) is 23.5 Å². The van der Waals surface area contributed by atoms with Crippen molar-refractivity contribution in [3.8, 4) is 6.07 Å². The molecule has 1 N–H and O–H groups in total. The normalized spacial score (nSPS) is 19.1. The molecule has 1 atom stereocenters. The summed E-state index contributed by atoms with van der Waals surface area (Å²) in [5.41, 5.74) is 1.03. The van der Waals surface area contributed by atoms with Crippen LogP contribution in [-0.2, 0) is 9.59 Å². The third kappa shape index (κ3) is 1.97. The van der Waals surface area contributed by atoms with Gasteiger partial charge in [0.2, 0.25) is 5.91 Å². The molecule has 1 aromatic carbocycles. The van der Waals surface area contributed by atoms with Crippen molar-refractivity contribution < 1.29 is 14.7 Å². The van der Waals surface area contributed by atoms with Crippen LogP contribution >= 0.6 is 0 Å². The molecule has 1 aliphatic heterocycles. The van der Waals surface area contributed by atoms with Crippen LogP contribution in [0.3, 0.4) is 0 Å². The number of aliphatic carboxylic acids is 1. The molecule has 0 spiro atoms. The van der Waals surface area contributed by atoms with Gasteiger partial charge in [-0.15, -0.1) is 0 Å². The maximum Gasteiger partial charge on any atom is 0.316 e. The Labute approximate surface area is 97.9 Å². The van der Waals surface area contributed by atoms with Gasteiger partial charge in [-0.25, -0.2) is 0 Å². The van der Waals surface area contributed by atoms with Gasteiger partial charge >= 0.3 is 5.97 Å². The second kappa shape index (κ2) is 4.26. The van der Waals surface area contributed by atoms with Crippen LogP contribution in [0.1, 0.15) is 12.0 Å². The van der Waals surface area contributed by atoms with Gasteiger partial charge in [-0.2, -0.15) is 5.26 Å². The lowest BCUT2D eigenvalue weighted by atomic mass is 10.1. The number of nitriles is 1. The number of carbonyl (C=O) groups is 2. The number of carboxylic acids is 1. The highest BCUT2D eigenvalue weighted by molar-refractivity contribution is 6.07. The molecule has 17 heavy (non-hydrogen) atoms. The van der Waals surface area contributed by atoms with Gasteiger partial charge in [0.1, 0.15) is 5.92 Å². The van der Waals surface area contributed by atoms with Gasteiger partial charge in [-0.05, 0) is 24.6 Å². The SMILES string of the molecule is N#Cc1cccc(N2CCC(C(=O)O)C2=O)c1. The van der Waals surface area contributed by atoms with E-state index in [1.165, 1.54) is 4.90 Å². The maximum absolute atomic E-state index is 11.8. The van der Waals surface area contributed by atoms with Crippen molar-refractivity contribution in [1.29, 1.82) is 5.26 Å². The molecule has 1 saturated heterocycles. The van der Waals surface area contributed by atoms with E-state index in [2.05, 4.69) is 0 Å². The zero-order chi connectivity index (χ0) is 12.4. The van der Waals surface area contributed by atoms with E-state index in [0.717, 1.165) is 0 Å². The minimum atomic E-state index is -1.09. The summed E-state index contributed by atoms with van der Waals surface area (Å²) in [4.78, 5) is 24.0. The summed E-state index contributed by atoms with van der Waals surface area (Å²) in [5, 5.41) is 17.6. The number of rotatable bonds is 2. The predicted molar refractivity (Wildman–Crippen MR) is 59.3 cm³/mol. The molecule has 0 aromatic heterocycles. The van der Waals surface area contributed by atoms with Crippen LogP contribution in [0.25, 0.3) is 0 Å². The third-order valence-corrected chi connectivity index (χ3v) is 2.79. The monoisotopic (exact) mass is 230 g/mol. The van der Waals surface area contributed by atoms with Crippen molar-refractivity contribution >= 4 is 17.6 Å². The van der Waals surface area contributed by atoms with Crippen molar-refractivity contribution in [3.05, 3.63) is 29.8 Å². The van der Waals surface area contributed by atoms with Gasteiger partial charge in [-0.1, -0.05) is 6.07 Å². The number of benzene rings is 1. The molecule has 5 heteroatoms. The largest absolute Gasteiger partial charge is 0.481 e. The lowest BCUT2D eigenvalue weighted by Gasteiger charge is -2.16. The third-order valence-electron chi connectivity index (χ3n) is 2.79. The van der Waals surface area contributed by atoms with E-state index in [-0.39, 0.29) is 0 Å². The molecular weight excluding hydrogens is 220 g/mol. The standard InChI is InChI=1S/C12H10N2O3/c13-7-8-2-1-3-9(6-8)14-5-4-10(11(14)15)12(16)17/h1-3,6,10H,4-5H2,(H,16,17). The highest BCUT2D eigenvalue weighted by atomic mass is 16.4. The summed E-state index contributed by atoms with van der Waals surface area (Å²) in [7, 11) is 0. The maximum atomic E-state index is 11.8. The first-order valence-corrected chi connectivity index (χ1v) is 5.18. The summed E-state index contributed by atoms with van der Waals surface area (Å²) in [6.07, 6.45) is 0.310. The lowest BCUT2D eigenvalue weighted by Crippen LogP contribution is -2.30. The van der Waals surface area contributed by atoms with Gasteiger partial charge in [0, 0.05) is 12.2 Å². The van der Waals surface area contributed by atoms with Crippen molar-refractivity contribution in [2.24, 2.45) is 5.92 Å². The topological polar surface area (TPSA) is 81.4 Å². The van der Waals surface area contributed by atoms with E-state index in [4.69, 9.17) is 10.4 Å². The number of carboxylic acid groups (broad SMARTS) is 1. The summed E-state index contributed by atoms with van der Waals surface area (Å²) >= 11 is 0. The zero-order valence-electron chi connectivity index (χ0n) is 8.96. The quantitative estimate of drug-likeness (QED) is 0.768. The fourth-order valence-electron chi connectivity index (χ4n) is 1.91. The number of hydrogen-bond acceptors (Lipinski definition) is 3. The molecule has 0 bridgehead atoms. The molecule has 5 nitrogen and oxygen atoms in total. The fraction of sp³-hybridized carbons (Fsp3) is 0.250. The van der Waals surface area contributed by atoms with Gasteiger partial charge in [-0.3, -0.25) is 9.59 Å².